The second kappa shape index (κ2) is 7.57. The Hall–Kier alpha value is -3.42. The fourth-order valence-corrected chi connectivity index (χ4v) is 5.63. The molecule has 0 fully saturated rings. The van der Waals surface area contributed by atoms with Crippen LogP contribution in [0.1, 0.15) is 16.7 Å². The third-order valence-electron chi connectivity index (χ3n) is 5.92. The molecule has 0 radical (unpaired) electrons. The van der Waals surface area contributed by atoms with Gasteiger partial charge in [-0.25, -0.2) is 18.4 Å². The summed E-state index contributed by atoms with van der Waals surface area (Å²) in [4.78, 5) is 9.52. The molecule has 5 rings (SSSR count). The summed E-state index contributed by atoms with van der Waals surface area (Å²) in [5, 5.41) is 0.543. The molecule has 2 aromatic heterocycles. The van der Waals surface area contributed by atoms with E-state index in [0.29, 0.717) is 27.4 Å². The van der Waals surface area contributed by atoms with Crippen LogP contribution < -0.4 is 5.73 Å². The fraction of sp³-hybridized carbons (Fsp3) is 0.120. The smallest absolute Gasteiger partial charge is 0.212 e. The van der Waals surface area contributed by atoms with E-state index in [0.717, 1.165) is 16.7 Å². The summed E-state index contributed by atoms with van der Waals surface area (Å²) in [5.41, 5.74) is 11.7. The average Bonchev–Trinajstić information content (AvgIpc) is 3.07. The highest BCUT2D eigenvalue weighted by Gasteiger charge is 2.31. The number of halogens is 1. The number of hydrogen-bond acceptors (Lipinski definition) is 5. The molecular weight excluding hydrogens is 456 g/mol. The van der Waals surface area contributed by atoms with E-state index in [9.17, 15) is 8.42 Å². The van der Waals surface area contributed by atoms with Gasteiger partial charge >= 0.3 is 0 Å². The van der Waals surface area contributed by atoms with Gasteiger partial charge in [-0.3, -0.25) is 4.57 Å². The number of nitrogen functional groups attached to an aromatic ring is 1. The van der Waals surface area contributed by atoms with E-state index in [4.69, 9.17) is 22.3 Å². The predicted octanol–water partition coefficient (Wildman–Crippen LogP) is 5.57. The summed E-state index contributed by atoms with van der Waals surface area (Å²) in [6.07, 6.45) is 0. The van der Waals surface area contributed by atoms with E-state index in [1.807, 2.05) is 51.1 Å². The van der Waals surface area contributed by atoms with Crippen LogP contribution in [0, 0.1) is 20.8 Å². The topological polar surface area (TPSA) is 90.9 Å². The van der Waals surface area contributed by atoms with E-state index in [1.165, 1.54) is 0 Å². The molecule has 0 atom stereocenters. The number of nitrogens with zero attached hydrogens (tertiary/aromatic N) is 3. The molecular formula is C25H21ClN4O2S. The number of nitrogens with two attached hydrogens (primary N) is 1. The van der Waals surface area contributed by atoms with Gasteiger partial charge in [-0.2, -0.15) is 0 Å². The van der Waals surface area contributed by atoms with Crippen molar-refractivity contribution in [3.63, 3.8) is 0 Å². The fourth-order valence-electron chi connectivity index (χ4n) is 3.88. The van der Waals surface area contributed by atoms with Crippen LogP contribution in [0.3, 0.4) is 0 Å². The molecule has 0 unspecified atom stereocenters. The Kier molecular flexibility index (Phi) is 4.92. The molecule has 0 spiro atoms. The van der Waals surface area contributed by atoms with Gasteiger partial charge < -0.3 is 5.73 Å². The van der Waals surface area contributed by atoms with Crippen molar-refractivity contribution in [2.45, 2.75) is 30.6 Å². The summed E-state index contributed by atoms with van der Waals surface area (Å²) in [6.45, 7) is 5.71. The Morgan fingerprint density at radius 2 is 1.52 bits per heavy atom. The van der Waals surface area contributed by atoms with Crippen molar-refractivity contribution in [2.75, 3.05) is 5.73 Å². The highest BCUT2D eigenvalue weighted by molar-refractivity contribution is 7.92. The number of rotatable bonds is 3. The number of aryl methyl sites for hydroxylation is 3. The van der Waals surface area contributed by atoms with Crippen LogP contribution in [-0.4, -0.2) is 23.0 Å². The molecule has 8 heteroatoms. The van der Waals surface area contributed by atoms with Gasteiger partial charge in [-0.15, -0.1) is 0 Å². The number of anilines is 1. The number of benzene rings is 3. The normalized spacial score (nSPS) is 12.0. The number of para-hydroxylation sites is 2. The first-order valence-electron chi connectivity index (χ1n) is 10.3. The maximum absolute atomic E-state index is 13.8. The Balaban J connectivity index is 1.91. The van der Waals surface area contributed by atoms with Gasteiger partial charge in [0.05, 0.1) is 21.6 Å². The lowest BCUT2D eigenvalue weighted by atomic mass is 10.1. The van der Waals surface area contributed by atoms with Crippen LogP contribution in [0.15, 0.2) is 70.5 Å². The minimum absolute atomic E-state index is 0.0402. The minimum Gasteiger partial charge on any atom is -0.384 e. The molecule has 3 aromatic carbocycles. The zero-order valence-electron chi connectivity index (χ0n) is 18.3. The lowest BCUT2D eigenvalue weighted by molar-refractivity contribution is 0.597. The lowest BCUT2D eigenvalue weighted by Gasteiger charge is -2.10. The van der Waals surface area contributed by atoms with Gasteiger partial charge in [0.1, 0.15) is 16.2 Å². The SMILES string of the molecule is Cc1ccc(S(=O)(=O)c2c(N)n(-c3ccc(C)c(Cl)c3)c3nc4ccccc4nc23)cc1C. The molecule has 33 heavy (non-hydrogen) atoms. The van der Waals surface area contributed by atoms with Crippen LogP contribution in [0.25, 0.3) is 27.9 Å². The number of sulfone groups is 1. The highest BCUT2D eigenvalue weighted by atomic mass is 35.5. The maximum atomic E-state index is 13.8. The van der Waals surface area contributed by atoms with Crippen molar-refractivity contribution in [3.05, 3.63) is 82.4 Å². The van der Waals surface area contributed by atoms with E-state index >= 15 is 0 Å². The first-order valence-corrected chi connectivity index (χ1v) is 12.2. The molecule has 0 aliphatic carbocycles. The number of fused-ring (bicyclic) bond motifs is 2. The molecule has 2 N–H and O–H groups in total. The third-order valence-corrected chi connectivity index (χ3v) is 8.15. The highest BCUT2D eigenvalue weighted by Crippen LogP contribution is 2.38. The molecule has 0 saturated carbocycles. The van der Waals surface area contributed by atoms with Crippen molar-refractivity contribution < 1.29 is 8.42 Å². The van der Waals surface area contributed by atoms with Gasteiger partial charge in [0.2, 0.25) is 9.84 Å². The van der Waals surface area contributed by atoms with Crippen molar-refractivity contribution in [2.24, 2.45) is 0 Å². The molecule has 6 nitrogen and oxygen atoms in total. The molecule has 0 saturated heterocycles. The van der Waals surface area contributed by atoms with E-state index < -0.39 is 9.84 Å². The van der Waals surface area contributed by atoms with E-state index in [2.05, 4.69) is 4.98 Å². The largest absolute Gasteiger partial charge is 0.384 e. The molecule has 2 heterocycles. The maximum Gasteiger partial charge on any atom is 0.212 e. The summed E-state index contributed by atoms with van der Waals surface area (Å²) in [6, 6.07) is 17.8. The molecule has 0 aliphatic heterocycles. The second-order valence-electron chi connectivity index (χ2n) is 8.12. The molecule has 5 aromatic rings. The lowest BCUT2D eigenvalue weighted by Crippen LogP contribution is -2.08. The number of hydrogen-bond donors (Lipinski definition) is 1. The summed E-state index contributed by atoms with van der Waals surface area (Å²) < 4.78 is 29.3. The van der Waals surface area contributed by atoms with Crippen LogP contribution in [0.2, 0.25) is 5.02 Å². The minimum atomic E-state index is -3.99. The van der Waals surface area contributed by atoms with Crippen LogP contribution in [0.5, 0.6) is 0 Å². The van der Waals surface area contributed by atoms with Crippen molar-refractivity contribution in [1.82, 2.24) is 14.5 Å². The van der Waals surface area contributed by atoms with Crippen molar-refractivity contribution >= 4 is 49.5 Å². The molecule has 0 bridgehead atoms. The van der Waals surface area contributed by atoms with Crippen LogP contribution >= 0.6 is 11.6 Å². The first-order chi connectivity index (χ1) is 15.7. The molecule has 166 valence electrons. The van der Waals surface area contributed by atoms with Gasteiger partial charge in [0.15, 0.2) is 5.65 Å². The number of aromatic nitrogens is 3. The second-order valence-corrected chi connectivity index (χ2v) is 10.4. The van der Waals surface area contributed by atoms with Crippen LogP contribution in [-0.2, 0) is 9.84 Å². The summed E-state index contributed by atoms with van der Waals surface area (Å²) in [7, 11) is -3.99. The van der Waals surface area contributed by atoms with E-state index in [-0.39, 0.29) is 21.1 Å². The quantitative estimate of drug-likeness (QED) is 0.367. The summed E-state index contributed by atoms with van der Waals surface area (Å²) >= 11 is 6.38. The average molecular weight is 477 g/mol. The molecule has 0 amide bonds. The van der Waals surface area contributed by atoms with Gasteiger partial charge in [-0.1, -0.05) is 35.9 Å². The van der Waals surface area contributed by atoms with Gasteiger partial charge in [0.25, 0.3) is 0 Å². The zero-order valence-corrected chi connectivity index (χ0v) is 19.9. The van der Waals surface area contributed by atoms with Gasteiger partial charge in [0, 0.05) is 5.02 Å². The Morgan fingerprint density at radius 3 is 2.18 bits per heavy atom. The van der Waals surface area contributed by atoms with E-state index in [1.54, 1.807) is 34.9 Å². The zero-order chi connectivity index (χ0) is 23.5. The Morgan fingerprint density at radius 1 is 0.848 bits per heavy atom. The Labute approximate surface area is 196 Å². The Bertz CT molecular complexity index is 1690. The third kappa shape index (κ3) is 3.35. The first kappa shape index (κ1) is 21.4. The summed E-state index contributed by atoms with van der Waals surface area (Å²) in [5.74, 6) is 0.0402. The standard InChI is InChI=1S/C25H21ClN4O2S/c1-14-9-11-18(12-16(14)3)33(31,32)23-22-25(29-21-7-5-4-6-20(21)28-22)30(24(23)27)17-10-8-15(2)19(26)13-17/h4-13H,27H2,1-3H3. The van der Waals surface area contributed by atoms with Crippen LogP contribution in [0.4, 0.5) is 5.82 Å². The van der Waals surface area contributed by atoms with Gasteiger partial charge in [-0.05, 0) is 73.9 Å². The predicted molar refractivity (Wildman–Crippen MR) is 132 cm³/mol. The van der Waals surface area contributed by atoms with Crippen molar-refractivity contribution in [3.8, 4) is 5.69 Å². The molecule has 0 aliphatic rings. The van der Waals surface area contributed by atoms with Crippen molar-refractivity contribution in [1.29, 1.82) is 0 Å². The monoisotopic (exact) mass is 476 g/mol.